The highest BCUT2D eigenvalue weighted by Gasteiger charge is 2.24. The summed E-state index contributed by atoms with van der Waals surface area (Å²) < 4.78 is 22.1. The largest absolute Gasteiger partial charge is 0.370 e. The van der Waals surface area contributed by atoms with E-state index in [0.29, 0.717) is 0 Å². The topological polar surface area (TPSA) is 106 Å². The Morgan fingerprint density at radius 1 is 1.50 bits per heavy atom. The Hall–Kier alpha value is -0.820. The highest BCUT2D eigenvalue weighted by Crippen LogP contribution is 2.00. The van der Waals surface area contributed by atoms with E-state index in [1.807, 2.05) is 0 Å². The van der Waals surface area contributed by atoms with Crippen LogP contribution in [0.3, 0.4) is 0 Å². The molecule has 0 aliphatic heterocycles. The van der Waals surface area contributed by atoms with Gasteiger partial charge < -0.3 is 11.1 Å². The quantitative estimate of drug-likeness (QED) is 0.578. The first-order valence-corrected chi connectivity index (χ1v) is 6.08. The van der Waals surface area contributed by atoms with E-state index < -0.39 is 33.4 Å². The molecule has 1 unspecified atom stereocenters. The van der Waals surface area contributed by atoms with Gasteiger partial charge in [0.05, 0.1) is 6.42 Å². The van der Waals surface area contributed by atoms with Crippen LogP contribution in [0.15, 0.2) is 0 Å². The first-order valence-electron chi connectivity index (χ1n) is 3.60. The monoisotopic (exact) mass is 242 g/mol. The molecule has 1 atom stereocenters. The summed E-state index contributed by atoms with van der Waals surface area (Å²) in [4.78, 5) is 21.3. The van der Waals surface area contributed by atoms with Gasteiger partial charge in [0.2, 0.25) is 11.8 Å². The lowest BCUT2D eigenvalue weighted by Gasteiger charge is -2.14. The zero-order chi connectivity index (χ0) is 11.4. The third-order valence-electron chi connectivity index (χ3n) is 1.35. The minimum Gasteiger partial charge on any atom is -0.370 e. The molecule has 0 saturated heterocycles. The fourth-order valence-corrected chi connectivity index (χ4v) is 1.60. The lowest BCUT2D eigenvalue weighted by molar-refractivity contribution is -0.120. The maximum Gasteiger partial charge on any atom is 0.235 e. The number of hydrogen-bond donors (Lipinski definition) is 2. The number of sulfone groups is 1. The van der Waals surface area contributed by atoms with E-state index >= 15 is 0 Å². The summed E-state index contributed by atoms with van der Waals surface area (Å²) in [5.41, 5.74) is 4.82. The molecule has 0 radical (unpaired) electrons. The van der Waals surface area contributed by atoms with E-state index in [9.17, 15) is 18.0 Å². The second kappa shape index (κ2) is 5.16. The zero-order valence-electron chi connectivity index (χ0n) is 7.49. The Balaban J connectivity index is 4.58. The molecule has 0 aromatic rings. The van der Waals surface area contributed by atoms with Gasteiger partial charge in [0.25, 0.3) is 0 Å². The molecule has 0 rings (SSSR count). The molecular formula is C6H11ClN2O4S. The number of nitrogens with one attached hydrogen (secondary N) is 1. The van der Waals surface area contributed by atoms with Crippen LogP contribution in [-0.4, -0.2) is 37.7 Å². The molecule has 0 aliphatic rings. The van der Waals surface area contributed by atoms with E-state index in [-0.39, 0.29) is 5.88 Å². The lowest BCUT2D eigenvalue weighted by Crippen LogP contribution is -2.43. The SMILES string of the molecule is CS(=O)(=O)C(CC(N)=O)NC(=O)CCl. The molecule has 0 aromatic heterocycles. The van der Waals surface area contributed by atoms with Crippen molar-refractivity contribution >= 4 is 33.3 Å². The third kappa shape index (κ3) is 5.03. The first kappa shape index (κ1) is 13.2. The van der Waals surface area contributed by atoms with Crippen LogP contribution in [0.5, 0.6) is 0 Å². The van der Waals surface area contributed by atoms with E-state index in [0.717, 1.165) is 6.26 Å². The van der Waals surface area contributed by atoms with Gasteiger partial charge in [-0.3, -0.25) is 9.59 Å². The Kier molecular flexibility index (Phi) is 4.86. The van der Waals surface area contributed by atoms with Gasteiger partial charge in [0, 0.05) is 6.26 Å². The predicted molar refractivity (Wildman–Crippen MR) is 51.3 cm³/mol. The van der Waals surface area contributed by atoms with Crippen molar-refractivity contribution in [3.05, 3.63) is 0 Å². The number of amides is 2. The van der Waals surface area contributed by atoms with E-state index in [1.165, 1.54) is 0 Å². The third-order valence-corrected chi connectivity index (χ3v) is 2.91. The van der Waals surface area contributed by atoms with Gasteiger partial charge in [-0.15, -0.1) is 11.6 Å². The molecule has 14 heavy (non-hydrogen) atoms. The molecule has 0 bridgehead atoms. The summed E-state index contributed by atoms with van der Waals surface area (Å²) in [5.74, 6) is -1.84. The van der Waals surface area contributed by atoms with Gasteiger partial charge >= 0.3 is 0 Å². The van der Waals surface area contributed by atoms with Crippen LogP contribution in [-0.2, 0) is 19.4 Å². The predicted octanol–water partition coefficient (Wildman–Crippen LogP) is -1.41. The molecule has 82 valence electrons. The smallest absolute Gasteiger partial charge is 0.235 e. The summed E-state index contributed by atoms with van der Waals surface area (Å²) in [6.45, 7) is 0. The van der Waals surface area contributed by atoms with Crippen molar-refractivity contribution < 1.29 is 18.0 Å². The average Bonchev–Trinajstić information content (AvgIpc) is 2.00. The number of hydrogen-bond acceptors (Lipinski definition) is 4. The highest BCUT2D eigenvalue weighted by atomic mass is 35.5. The average molecular weight is 243 g/mol. The minimum atomic E-state index is -3.56. The molecule has 2 amide bonds. The van der Waals surface area contributed by atoms with E-state index in [4.69, 9.17) is 17.3 Å². The van der Waals surface area contributed by atoms with Gasteiger partial charge in [0.15, 0.2) is 9.84 Å². The molecule has 0 fully saturated rings. The second-order valence-corrected chi connectivity index (χ2v) is 5.19. The van der Waals surface area contributed by atoms with Crippen molar-refractivity contribution in [2.24, 2.45) is 5.73 Å². The van der Waals surface area contributed by atoms with Crippen molar-refractivity contribution in [1.82, 2.24) is 5.32 Å². The number of primary amides is 1. The Bertz CT molecular complexity index is 327. The Morgan fingerprint density at radius 2 is 2.00 bits per heavy atom. The molecule has 0 saturated carbocycles. The Labute approximate surface area is 86.7 Å². The second-order valence-electron chi connectivity index (χ2n) is 2.69. The van der Waals surface area contributed by atoms with Crippen LogP contribution in [0.2, 0.25) is 0 Å². The molecule has 8 heteroatoms. The summed E-state index contributed by atoms with van der Waals surface area (Å²) in [7, 11) is -3.56. The van der Waals surface area contributed by atoms with Gasteiger partial charge in [0.1, 0.15) is 11.3 Å². The number of carbonyl (C=O) groups excluding carboxylic acids is 2. The summed E-state index contributed by atoms with van der Waals surface area (Å²) >= 11 is 5.16. The minimum absolute atomic E-state index is 0.370. The maximum atomic E-state index is 11.1. The zero-order valence-corrected chi connectivity index (χ0v) is 9.06. The number of alkyl halides is 1. The lowest BCUT2D eigenvalue weighted by atomic mass is 10.4. The summed E-state index contributed by atoms with van der Waals surface area (Å²) in [6, 6.07) is 0. The maximum absolute atomic E-state index is 11.1. The number of nitrogens with two attached hydrogens (primary N) is 1. The van der Waals surface area contributed by atoms with Crippen molar-refractivity contribution in [3.8, 4) is 0 Å². The van der Waals surface area contributed by atoms with Gasteiger partial charge in [-0.1, -0.05) is 0 Å². The normalized spacial score (nSPS) is 13.3. The molecule has 0 aliphatic carbocycles. The molecular weight excluding hydrogens is 232 g/mol. The van der Waals surface area contributed by atoms with Crippen LogP contribution >= 0.6 is 11.6 Å². The summed E-state index contributed by atoms with van der Waals surface area (Å²) in [6.07, 6.45) is 0.441. The highest BCUT2D eigenvalue weighted by molar-refractivity contribution is 7.91. The van der Waals surface area contributed by atoms with Crippen molar-refractivity contribution in [1.29, 1.82) is 0 Å². The molecule has 6 nitrogen and oxygen atoms in total. The standard InChI is InChI=1S/C6H11ClN2O4S/c1-14(12,13)6(2-4(8)10)9-5(11)3-7/h6H,2-3H2,1H3,(H2,8,10)(H,9,11). The van der Waals surface area contributed by atoms with Crippen molar-refractivity contribution in [3.63, 3.8) is 0 Å². The van der Waals surface area contributed by atoms with Gasteiger partial charge in [-0.25, -0.2) is 8.42 Å². The molecule has 0 heterocycles. The Morgan fingerprint density at radius 3 is 2.29 bits per heavy atom. The van der Waals surface area contributed by atoms with Crippen LogP contribution in [0.4, 0.5) is 0 Å². The van der Waals surface area contributed by atoms with Crippen LogP contribution < -0.4 is 11.1 Å². The van der Waals surface area contributed by atoms with E-state index in [2.05, 4.69) is 5.32 Å². The molecule has 0 spiro atoms. The number of halogens is 1. The molecule has 3 N–H and O–H groups in total. The van der Waals surface area contributed by atoms with Crippen molar-refractivity contribution in [2.45, 2.75) is 11.8 Å². The van der Waals surface area contributed by atoms with Gasteiger partial charge in [-0.2, -0.15) is 0 Å². The number of rotatable bonds is 5. The van der Waals surface area contributed by atoms with Crippen LogP contribution in [0, 0.1) is 0 Å². The van der Waals surface area contributed by atoms with Gasteiger partial charge in [-0.05, 0) is 0 Å². The fourth-order valence-electron chi connectivity index (χ4n) is 0.710. The van der Waals surface area contributed by atoms with Crippen molar-refractivity contribution in [2.75, 3.05) is 12.1 Å². The molecule has 0 aromatic carbocycles. The first-order chi connectivity index (χ1) is 6.27. The van der Waals surface area contributed by atoms with Crippen LogP contribution in [0.1, 0.15) is 6.42 Å². The van der Waals surface area contributed by atoms with Crippen LogP contribution in [0.25, 0.3) is 0 Å². The number of carbonyl (C=O) groups is 2. The summed E-state index contributed by atoms with van der Waals surface area (Å²) in [5, 5.41) is 0.779. The van der Waals surface area contributed by atoms with E-state index in [1.54, 1.807) is 0 Å². The fraction of sp³-hybridized carbons (Fsp3) is 0.667.